The van der Waals surface area contributed by atoms with E-state index in [2.05, 4.69) is 37.9 Å². The monoisotopic (exact) mass is 240 g/mol. The molecule has 2 nitrogen and oxygen atoms in total. The first-order valence-electron chi connectivity index (χ1n) is 7.61. The van der Waals surface area contributed by atoms with Crippen LogP contribution in [0.5, 0.6) is 0 Å². The van der Waals surface area contributed by atoms with Crippen LogP contribution in [0.2, 0.25) is 0 Å². The maximum Gasteiger partial charge on any atom is 0.00104 e. The summed E-state index contributed by atoms with van der Waals surface area (Å²) < 4.78 is 0. The Hall–Kier alpha value is -0.0800. The average molecular weight is 240 g/mol. The first-order valence-corrected chi connectivity index (χ1v) is 7.61. The van der Waals surface area contributed by atoms with Gasteiger partial charge in [0.05, 0.1) is 0 Å². The van der Waals surface area contributed by atoms with Crippen molar-refractivity contribution < 1.29 is 0 Å². The highest BCUT2D eigenvalue weighted by atomic mass is 15.1. The Bertz CT molecular complexity index is 179. The SMILES string of the molecule is CCC(CC)CN1CCC(CNC(C)C)CC1. The molecule has 0 aromatic heterocycles. The molecule has 1 saturated heterocycles. The van der Waals surface area contributed by atoms with Gasteiger partial charge in [-0.25, -0.2) is 0 Å². The fraction of sp³-hybridized carbons (Fsp3) is 1.00. The third-order valence-corrected chi connectivity index (χ3v) is 4.19. The maximum atomic E-state index is 3.57. The van der Waals surface area contributed by atoms with Crippen LogP contribution in [0.25, 0.3) is 0 Å². The Morgan fingerprint density at radius 2 is 1.71 bits per heavy atom. The summed E-state index contributed by atoms with van der Waals surface area (Å²) in [5.74, 6) is 1.83. The van der Waals surface area contributed by atoms with Gasteiger partial charge >= 0.3 is 0 Å². The number of hydrogen-bond acceptors (Lipinski definition) is 2. The zero-order valence-electron chi connectivity index (χ0n) is 12.3. The molecule has 0 radical (unpaired) electrons. The first kappa shape index (κ1) is 15.0. The lowest BCUT2D eigenvalue weighted by Gasteiger charge is -2.34. The third-order valence-electron chi connectivity index (χ3n) is 4.19. The molecule has 17 heavy (non-hydrogen) atoms. The van der Waals surface area contributed by atoms with E-state index in [0.717, 1.165) is 11.8 Å². The van der Waals surface area contributed by atoms with Crippen molar-refractivity contribution in [1.29, 1.82) is 0 Å². The van der Waals surface area contributed by atoms with E-state index in [1.54, 1.807) is 0 Å². The Labute approximate surface area is 108 Å². The van der Waals surface area contributed by atoms with Gasteiger partial charge in [0.1, 0.15) is 0 Å². The van der Waals surface area contributed by atoms with Crippen molar-refractivity contribution >= 4 is 0 Å². The van der Waals surface area contributed by atoms with Gasteiger partial charge in [-0.2, -0.15) is 0 Å². The highest BCUT2D eigenvalue weighted by Crippen LogP contribution is 2.19. The molecule has 0 aromatic carbocycles. The van der Waals surface area contributed by atoms with E-state index in [9.17, 15) is 0 Å². The highest BCUT2D eigenvalue weighted by molar-refractivity contribution is 4.75. The Morgan fingerprint density at radius 1 is 1.12 bits per heavy atom. The Balaban J connectivity index is 2.16. The summed E-state index contributed by atoms with van der Waals surface area (Å²) in [6, 6.07) is 0.637. The van der Waals surface area contributed by atoms with Crippen molar-refractivity contribution in [3.8, 4) is 0 Å². The topological polar surface area (TPSA) is 15.3 Å². The van der Waals surface area contributed by atoms with Crippen LogP contribution in [0.1, 0.15) is 53.4 Å². The molecule has 102 valence electrons. The minimum Gasteiger partial charge on any atom is -0.314 e. The lowest BCUT2D eigenvalue weighted by molar-refractivity contribution is 0.155. The summed E-state index contributed by atoms with van der Waals surface area (Å²) in [7, 11) is 0. The molecule has 1 rings (SSSR count). The number of piperidine rings is 1. The molecular weight excluding hydrogens is 208 g/mol. The molecule has 0 amide bonds. The van der Waals surface area contributed by atoms with Crippen LogP contribution in [-0.4, -0.2) is 37.1 Å². The van der Waals surface area contributed by atoms with Crippen molar-refractivity contribution in [2.24, 2.45) is 11.8 Å². The minimum atomic E-state index is 0.637. The summed E-state index contributed by atoms with van der Waals surface area (Å²) in [5, 5.41) is 3.57. The van der Waals surface area contributed by atoms with Gasteiger partial charge in [0.15, 0.2) is 0 Å². The molecule has 1 fully saturated rings. The molecule has 1 aliphatic heterocycles. The molecule has 1 aliphatic rings. The van der Waals surface area contributed by atoms with Crippen molar-refractivity contribution in [3.63, 3.8) is 0 Å². The zero-order chi connectivity index (χ0) is 12.7. The smallest absolute Gasteiger partial charge is 0.00104 e. The number of likely N-dealkylation sites (tertiary alicyclic amines) is 1. The first-order chi connectivity index (χ1) is 8.15. The molecule has 0 aromatic rings. The third kappa shape index (κ3) is 5.87. The standard InChI is InChI=1S/C15H32N2/c1-5-14(6-2)12-17-9-7-15(8-10-17)11-16-13(3)4/h13-16H,5-12H2,1-4H3. The zero-order valence-corrected chi connectivity index (χ0v) is 12.3. The van der Waals surface area contributed by atoms with Gasteiger partial charge in [-0.15, -0.1) is 0 Å². The van der Waals surface area contributed by atoms with Crippen LogP contribution in [0.3, 0.4) is 0 Å². The molecule has 0 bridgehead atoms. The largest absolute Gasteiger partial charge is 0.314 e. The molecule has 0 aliphatic carbocycles. The predicted molar refractivity (Wildman–Crippen MR) is 76.4 cm³/mol. The van der Waals surface area contributed by atoms with E-state index >= 15 is 0 Å². The van der Waals surface area contributed by atoms with Gasteiger partial charge in [0.25, 0.3) is 0 Å². The Kier molecular flexibility index (Phi) is 7.14. The van der Waals surface area contributed by atoms with Crippen molar-refractivity contribution in [2.75, 3.05) is 26.2 Å². The van der Waals surface area contributed by atoms with E-state index in [-0.39, 0.29) is 0 Å². The normalized spacial score (nSPS) is 19.4. The highest BCUT2D eigenvalue weighted by Gasteiger charge is 2.20. The summed E-state index contributed by atoms with van der Waals surface area (Å²) in [5.41, 5.74) is 0. The van der Waals surface area contributed by atoms with Gasteiger partial charge in [-0.3, -0.25) is 0 Å². The fourth-order valence-electron chi connectivity index (χ4n) is 2.69. The fourth-order valence-corrected chi connectivity index (χ4v) is 2.69. The quantitative estimate of drug-likeness (QED) is 0.735. The van der Waals surface area contributed by atoms with E-state index in [4.69, 9.17) is 0 Å². The predicted octanol–water partition coefficient (Wildman–Crippen LogP) is 3.13. The minimum absolute atomic E-state index is 0.637. The van der Waals surface area contributed by atoms with Gasteiger partial charge in [-0.05, 0) is 44.3 Å². The van der Waals surface area contributed by atoms with Gasteiger partial charge in [-0.1, -0.05) is 40.5 Å². The molecule has 0 atom stereocenters. The average Bonchev–Trinajstić information content (AvgIpc) is 2.34. The molecule has 0 saturated carbocycles. The van der Waals surface area contributed by atoms with Crippen LogP contribution >= 0.6 is 0 Å². The van der Waals surface area contributed by atoms with Crippen LogP contribution in [0, 0.1) is 11.8 Å². The molecule has 2 heteroatoms. The van der Waals surface area contributed by atoms with Gasteiger partial charge < -0.3 is 10.2 Å². The molecule has 0 spiro atoms. The van der Waals surface area contributed by atoms with E-state index in [1.807, 2.05) is 0 Å². The lowest BCUT2D eigenvalue weighted by Crippen LogP contribution is -2.40. The van der Waals surface area contributed by atoms with Crippen molar-refractivity contribution in [3.05, 3.63) is 0 Å². The molecule has 1 heterocycles. The lowest BCUT2D eigenvalue weighted by atomic mass is 9.94. The Morgan fingerprint density at radius 3 is 2.18 bits per heavy atom. The molecule has 0 unspecified atom stereocenters. The second-order valence-electron chi connectivity index (χ2n) is 5.99. The van der Waals surface area contributed by atoms with E-state index in [0.29, 0.717) is 6.04 Å². The number of rotatable bonds is 7. The van der Waals surface area contributed by atoms with Crippen molar-refractivity contribution in [2.45, 2.75) is 59.4 Å². The van der Waals surface area contributed by atoms with Crippen molar-refractivity contribution in [1.82, 2.24) is 10.2 Å². The summed E-state index contributed by atoms with van der Waals surface area (Å²) >= 11 is 0. The summed E-state index contributed by atoms with van der Waals surface area (Å²) in [6.07, 6.45) is 5.45. The van der Waals surface area contributed by atoms with E-state index < -0.39 is 0 Å². The second-order valence-corrected chi connectivity index (χ2v) is 5.99. The molecule has 1 N–H and O–H groups in total. The van der Waals surface area contributed by atoms with Crippen LogP contribution < -0.4 is 5.32 Å². The number of nitrogens with zero attached hydrogens (tertiary/aromatic N) is 1. The summed E-state index contributed by atoms with van der Waals surface area (Å²) in [6.45, 7) is 14.3. The van der Waals surface area contributed by atoms with Gasteiger partial charge in [0.2, 0.25) is 0 Å². The van der Waals surface area contributed by atoms with E-state index in [1.165, 1.54) is 51.9 Å². The van der Waals surface area contributed by atoms with Crippen LogP contribution in [-0.2, 0) is 0 Å². The second kappa shape index (κ2) is 8.10. The number of nitrogens with one attached hydrogen (secondary N) is 1. The van der Waals surface area contributed by atoms with Gasteiger partial charge in [0, 0.05) is 12.6 Å². The molecular formula is C15H32N2. The number of hydrogen-bond donors (Lipinski definition) is 1. The van der Waals surface area contributed by atoms with Crippen LogP contribution in [0.15, 0.2) is 0 Å². The van der Waals surface area contributed by atoms with Crippen LogP contribution in [0.4, 0.5) is 0 Å². The maximum absolute atomic E-state index is 3.57. The summed E-state index contributed by atoms with van der Waals surface area (Å²) in [4.78, 5) is 2.68.